The average molecular weight is 406 g/mol. The summed E-state index contributed by atoms with van der Waals surface area (Å²) in [5.74, 6) is 0. The third kappa shape index (κ3) is 5.60. The molecule has 0 amide bonds. The normalized spacial score (nSPS) is 23.5. The summed E-state index contributed by atoms with van der Waals surface area (Å²) in [7, 11) is -3.53. The Bertz CT molecular complexity index is 788. The number of ether oxygens (including phenoxy) is 2. The lowest BCUT2D eigenvalue weighted by Gasteiger charge is -2.25. The van der Waals surface area contributed by atoms with E-state index in [0.29, 0.717) is 5.56 Å². The second-order valence-electron chi connectivity index (χ2n) is 6.95. The van der Waals surface area contributed by atoms with E-state index in [0.717, 1.165) is 4.57 Å². The lowest BCUT2D eigenvalue weighted by atomic mass is 10.2. The van der Waals surface area contributed by atoms with Gasteiger partial charge in [0.25, 0.3) is 5.56 Å². The van der Waals surface area contributed by atoms with Crippen LogP contribution in [0.15, 0.2) is 15.8 Å². The third-order valence-corrected chi connectivity index (χ3v) is 5.66. The standard InChI is InChI=1S/C16H27N2O8P/c1-9(2)25-27(22,26-10(3)4)8-24-12-7-23-15(13(12)19)18-6-11(5)14(20)17-16(18)21/h6,9-10,12-13,15,19H,7-8H2,1-5H3,(H,17,20,21)/t12-,13+,15+/m0/s1. The second-order valence-corrected chi connectivity index (χ2v) is 8.85. The predicted octanol–water partition coefficient (Wildman–Crippen LogP) is 1.12. The van der Waals surface area contributed by atoms with Crippen molar-refractivity contribution in [1.29, 1.82) is 0 Å². The topological polar surface area (TPSA) is 129 Å². The number of aryl methyl sites for hydroxylation is 1. The summed E-state index contributed by atoms with van der Waals surface area (Å²) in [6.45, 7) is 8.41. The molecule has 0 aliphatic carbocycles. The minimum Gasteiger partial charge on any atom is -0.386 e. The summed E-state index contributed by atoms with van der Waals surface area (Å²) < 4.78 is 35.7. The minimum atomic E-state index is -3.53. The number of hydrogen-bond donors (Lipinski definition) is 2. The monoisotopic (exact) mass is 406 g/mol. The number of nitrogens with one attached hydrogen (secondary N) is 1. The highest BCUT2D eigenvalue weighted by Crippen LogP contribution is 2.51. The zero-order valence-electron chi connectivity index (χ0n) is 16.1. The zero-order chi connectivity index (χ0) is 20.4. The van der Waals surface area contributed by atoms with Crippen LogP contribution >= 0.6 is 7.60 Å². The summed E-state index contributed by atoms with van der Waals surface area (Å²) in [6.07, 6.45) is -2.80. The number of H-pyrrole nitrogens is 1. The molecule has 2 heterocycles. The lowest BCUT2D eigenvalue weighted by Crippen LogP contribution is -2.38. The molecule has 1 saturated heterocycles. The van der Waals surface area contributed by atoms with E-state index < -0.39 is 37.3 Å². The first-order valence-corrected chi connectivity index (χ1v) is 10.4. The molecule has 0 radical (unpaired) electrons. The number of aliphatic hydroxyl groups excluding tert-OH is 1. The van der Waals surface area contributed by atoms with Crippen LogP contribution in [0, 0.1) is 6.92 Å². The number of aromatic amines is 1. The molecule has 3 atom stereocenters. The Kier molecular flexibility index (Phi) is 7.18. The summed E-state index contributed by atoms with van der Waals surface area (Å²) >= 11 is 0. The summed E-state index contributed by atoms with van der Waals surface area (Å²) in [5.41, 5.74) is -0.906. The van der Waals surface area contributed by atoms with Gasteiger partial charge in [0.2, 0.25) is 0 Å². The van der Waals surface area contributed by atoms with E-state index in [1.165, 1.54) is 13.1 Å². The molecule has 1 aromatic heterocycles. The molecule has 11 heteroatoms. The molecule has 1 aliphatic rings. The van der Waals surface area contributed by atoms with E-state index in [1.54, 1.807) is 27.7 Å². The Hall–Kier alpha value is -1.29. The van der Waals surface area contributed by atoms with Crippen LogP contribution < -0.4 is 11.2 Å². The van der Waals surface area contributed by atoms with Gasteiger partial charge < -0.3 is 23.6 Å². The van der Waals surface area contributed by atoms with Crippen LogP contribution in [0.2, 0.25) is 0 Å². The van der Waals surface area contributed by atoms with Gasteiger partial charge in [0.15, 0.2) is 6.23 Å². The summed E-state index contributed by atoms with van der Waals surface area (Å²) in [4.78, 5) is 25.6. The Balaban J connectivity index is 2.09. The molecule has 154 valence electrons. The van der Waals surface area contributed by atoms with Crippen molar-refractivity contribution < 1.29 is 28.2 Å². The van der Waals surface area contributed by atoms with Crippen LogP contribution in [0.3, 0.4) is 0 Å². The Morgan fingerprint density at radius 1 is 1.30 bits per heavy atom. The van der Waals surface area contributed by atoms with E-state index >= 15 is 0 Å². The molecule has 27 heavy (non-hydrogen) atoms. The van der Waals surface area contributed by atoms with E-state index in [1.807, 2.05) is 0 Å². The highest BCUT2D eigenvalue weighted by molar-refractivity contribution is 7.53. The second kappa shape index (κ2) is 8.81. The number of aromatic nitrogens is 2. The van der Waals surface area contributed by atoms with Crippen molar-refractivity contribution >= 4 is 7.60 Å². The van der Waals surface area contributed by atoms with E-state index in [9.17, 15) is 19.3 Å². The van der Waals surface area contributed by atoms with Crippen molar-refractivity contribution in [2.45, 2.75) is 65.3 Å². The molecule has 10 nitrogen and oxygen atoms in total. The molecule has 1 fully saturated rings. The molecule has 1 aliphatic heterocycles. The van der Waals surface area contributed by atoms with Crippen molar-refractivity contribution in [3.8, 4) is 0 Å². The van der Waals surface area contributed by atoms with Gasteiger partial charge in [-0.2, -0.15) is 0 Å². The molecular formula is C16H27N2O8P. The molecule has 0 saturated carbocycles. The van der Waals surface area contributed by atoms with Crippen molar-refractivity contribution in [2.24, 2.45) is 0 Å². The van der Waals surface area contributed by atoms with Gasteiger partial charge in [-0.05, 0) is 34.6 Å². The van der Waals surface area contributed by atoms with Crippen LogP contribution in [0.5, 0.6) is 0 Å². The molecular weight excluding hydrogens is 379 g/mol. The van der Waals surface area contributed by atoms with E-state index in [-0.39, 0.29) is 25.2 Å². The lowest BCUT2D eigenvalue weighted by molar-refractivity contribution is -0.0336. The Morgan fingerprint density at radius 3 is 2.44 bits per heavy atom. The Labute approximate surface area is 156 Å². The quantitative estimate of drug-likeness (QED) is 0.615. The van der Waals surface area contributed by atoms with Gasteiger partial charge in [0, 0.05) is 11.8 Å². The van der Waals surface area contributed by atoms with Crippen LogP contribution in [-0.4, -0.2) is 52.0 Å². The van der Waals surface area contributed by atoms with Gasteiger partial charge in [-0.15, -0.1) is 0 Å². The number of nitrogens with zero attached hydrogens (tertiary/aromatic N) is 1. The van der Waals surface area contributed by atoms with Gasteiger partial charge >= 0.3 is 13.3 Å². The molecule has 0 unspecified atom stereocenters. The van der Waals surface area contributed by atoms with Crippen LogP contribution in [0.1, 0.15) is 39.5 Å². The van der Waals surface area contributed by atoms with Crippen molar-refractivity contribution in [1.82, 2.24) is 9.55 Å². The molecule has 0 aromatic carbocycles. The first-order valence-electron chi connectivity index (χ1n) is 8.71. The van der Waals surface area contributed by atoms with Crippen LogP contribution in [0.4, 0.5) is 0 Å². The third-order valence-electron chi connectivity index (χ3n) is 3.71. The highest BCUT2D eigenvalue weighted by atomic mass is 31.2. The van der Waals surface area contributed by atoms with E-state index in [4.69, 9.17) is 18.5 Å². The van der Waals surface area contributed by atoms with E-state index in [2.05, 4.69) is 4.98 Å². The molecule has 0 spiro atoms. The maximum Gasteiger partial charge on any atom is 0.356 e. The number of aliphatic hydroxyl groups is 1. The first kappa shape index (κ1) is 22.0. The van der Waals surface area contributed by atoms with Gasteiger partial charge in [0.05, 0.1) is 18.8 Å². The van der Waals surface area contributed by atoms with Gasteiger partial charge in [0.1, 0.15) is 18.6 Å². The fourth-order valence-electron chi connectivity index (χ4n) is 2.66. The first-order chi connectivity index (χ1) is 12.5. The summed E-state index contributed by atoms with van der Waals surface area (Å²) in [5, 5.41) is 10.5. The van der Waals surface area contributed by atoms with Crippen LogP contribution in [0.25, 0.3) is 0 Å². The fourth-order valence-corrected chi connectivity index (χ4v) is 4.49. The van der Waals surface area contributed by atoms with Crippen molar-refractivity contribution in [3.05, 3.63) is 32.6 Å². The average Bonchev–Trinajstić information content (AvgIpc) is 2.88. The van der Waals surface area contributed by atoms with Crippen molar-refractivity contribution in [3.63, 3.8) is 0 Å². The smallest absolute Gasteiger partial charge is 0.356 e. The molecule has 2 N–H and O–H groups in total. The highest BCUT2D eigenvalue weighted by Gasteiger charge is 2.40. The largest absolute Gasteiger partial charge is 0.386 e. The predicted molar refractivity (Wildman–Crippen MR) is 96.8 cm³/mol. The zero-order valence-corrected chi connectivity index (χ0v) is 17.0. The maximum atomic E-state index is 12.8. The van der Waals surface area contributed by atoms with Gasteiger partial charge in [-0.1, -0.05) is 0 Å². The minimum absolute atomic E-state index is 0.0280. The van der Waals surface area contributed by atoms with Gasteiger partial charge in [-0.3, -0.25) is 18.9 Å². The number of hydrogen-bond acceptors (Lipinski definition) is 8. The van der Waals surface area contributed by atoms with Gasteiger partial charge in [-0.25, -0.2) is 4.79 Å². The molecule has 2 rings (SSSR count). The van der Waals surface area contributed by atoms with Crippen LogP contribution in [-0.2, 0) is 23.1 Å². The van der Waals surface area contributed by atoms with Crippen molar-refractivity contribution in [2.75, 3.05) is 13.0 Å². The Morgan fingerprint density at radius 2 is 1.89 bits per heavy atom. The fraction of sp³-hybridized carbons (Fsp3) is 0.750. The SMILES string of the molecule is Cc1cn([C@@H]2OC[C@H](OCP(=O)(OC(C)C)OC(C)C)[C@H]2O)c(=O)[nH]c1=O. The number of rotatable bonds is 8. The maximum absolute atomic E-state index is 12.8. The summed E-state index contributed by atoms with van der Waals surface area (Å²) in [6, 6.07) is 0. The molecule has 1 aromatic rings. The molecule has 0 bridgehead atoms.